The van der Waals surface area contributed by atoms with Crippen LogP contribution in [0, 0.1) is 13.8 Å². The number of rotatable bonds is 23. The topological polar surface area (TPSA) is 329 Å². The minimum Gasteiger partial charge on any atom is -0.495 e. The van der Waals surface area contributed by atoms with E-state index in [0.29, 0.717) is 62.6 Å². The number of anilines is 4. The number of carbonyl (C=O) groups excluding carboxylic acids is 6. The van der Waals surface area contributed by atoms with Gasteiger partial charge in [-0.15, -0.1) is 0 Å². The van der Waals surface area contributed by atoms with Gasteiger partial charge in [-0.3, -0.25) is 19.2 Å². The van der Waals surface area contributed by atoms with E-state index < -0.39 is 47.9 Å². The number of H-pyrrole nitrogens is 1. The van der Waals surface area contributed by atoms with Crippen LogP contribution in [0.15, 0.2) is 120 Å². The molecule has 26 heteroatoms. The highest BCUT2D eigenvalue weighted by Crippen LogP contribution is 2.29. The van der Waals surface area contributed by atoms with Crippen LogP contribution in [0.3, 0.4) is 0 Å². The molecule has 85 heavy (non-hydrogen) atoms. The van der Waals surface area contributed by atoms with Gasteiger partial charge in [0.1, 0.15) is 35.7 Å². The number of nitrogens with one attached hydrogen (secondary N) is 7. The minimum atomic E-state index is -1.38. The Labute approximate surface area is 498 Å². The fourth-order valence-corrected chi connectivity index (χ4v) is 8.79. The van der Waals surface area contributed by atoms with E-state index in [9.17, 15) is 48.6 Å². The Bertz CT molecular complexity index is 3550. The van der Waals surface area contributed by atoms with Crippen molar-refractivity contribution in [2.24, 2.45) is 0 Å². The van der Waals surface area contributed by atoms with Crippen LogP contribution in [0.25, 0.3) is 0 Å². The first kappa shape index (κ1) is 64.2. The number of aliphatic carboxylic acids is 2. The van der Waals surface area contributed by atoms with Crippen molar-refractivity contribution >= 4 is 93.6 Å². The molecule has 0 aliphatic carbocycles. The molecule has 0 aliphatic heterocycles. The molecule has 7 rings (SSSR count). The number of hydrogen-bond acceptors (Lipinski definition) is 13. The zero-order valence-electron chi connectivity index (χ0n) is 47.3. The summed E-state index contributed by atoms with van der Waals surface area (Å²) in [7, 11) is 6.17. The number of amides is 8. The Morgan fingerprint density at radius 2 is 1.08 bits per heavy atom. The van der Waals surface area contributed by atoms with E-state index in [1.165, 1.54) is 49.3 Å². The second-order valence-electron chi connectivity index (χ2n) is 19.2. The summed E-state index contributed by atoms with van der Waals surface area (Å²) in [5.41, 5.74) is 6.32. The van der Waals surface area contributed by atoms with Crippen LogP contribution >= 0.6 is 23.2 Å². The molecule has 8 amide bonds. The van der Waals surface area contributed by atoms with Gasteiger partial charge in [-0.05, 0) is 84.6 Å². The average Bonchev–Trinajstić information content (AvgIpc) is 4.19. The molecule has 24 nitrogen and oxygen atoms in total. The van der Waals surface area contributed by atoms with Gasteiger partial charge < -0.3 is 70.8 Å². The molecule has 5 aromatic carbocycles. The van der Waals surface area contributed by atoms with Crippen LogP contribution in [0.4, 0.5) is 32.3 Å². The van der Waals surface area contributed by atoms with Crippen LogP contribution in [0.2, 0.25) is 10.0 Å². The summed E-state index contributed by atoms with van der Waals surface area (Å²) in [6.45, 7) is 5.30. The van der Waals surface area contributed by atoms with Gasteiger partial charge in [-0.25, -0.2) is 29.1 Å². The Morgan fingerprint density at radius 3 is 1.55 bits per heavy atom. The van der Waals surface area contributed by atoms with E-state index in [4.69, 9.17) is 37.1 Å². The molecular formula is C59H63Cl2N11O13. The highest BCUT2D eigenvalue weighted by Gasteiger charge is 2.27. The number of carbonyl (C=O) groups is 8. The van der Waals surface area contributed by atoms with E-state index in [1.54, 1.807) is 74.9 Å². The number of halogens is 2. The predicted octanol–water partition coefficient (Wildman–Crippen LogP) is 8.27. The number of imidazole rings is 1. The first-order valence-corrected chi connectivity index (χ1v) is 26.8. The summed E-state index contributed by atoms with van der Waals surface area (Å²) in [4.78, 5) is 112. The van der Waals surface area contributed by atoms with E-state index in [-0.39, 0.29) is 72.1 Å². The number of benzene rings is 5. The van der Waals surface area contributed by atoms with E-state index in [2.05, 4.69) is 46.9 Å². The van der Waals surface area contributed by atoms with Crippen LogP contribution in [-0.4, -0.2) is 123 Å². The van der Waals surface area contributed by atoms with Gasteiger partial charge in [-0.1, -0.05) is 77.8 Å². The summed E-state index contributed by atoms with van der Waals surface area (Å²) in [5, 5.41) is 35.0. The number of ether oxygens (including phenoxy) is 2. The molecule has 0 spiro atoms. The normalized spacial score (nSPS) is 11.3. The molecule has 2 heterocycles. The van der Waals surface area contributed by atoms with Gasteiger partial charge in [0.15, 0.2) is 5.89 Å². The van der Waals surface area contributed by atoms with Gasteiger partial charge >= 0.3 is 24.0 Å². The standard InChI is InChI=1S/C32H31Cl2N5O7.C27H32N6O6/c1-18-7-4-5-10-23(18)37-32(44)38-24-12-11-19(13-26(24)45-3)14-28(40)39(2)16-20-17-46-27(35-20)15-25(31(42)43)36-30(41)29-21(33)8-6-9-22(29)34;1-16-7-5-6-8-20(16)31-27(38)32-21-10-9-18(11-23(21)39-4)12-25(35)33(3)15-19-14-28-24(30-19)13-22(26(36)37)29-17(2)34/h4-13,17,25H,14-16H2,1-3H3,(H,36,41)(H,42,43)(H2,37,38,44);5-11,14,22H,12-13,15H2,1-4H3,(H,28,30)(H,29,34)(H,36,37)(H2,31,32,38). The molecule has 2 unspecified atom stereocenters. The summed E-state index contributed by atoms with van der Waals surface area (Å²) in [5.74, 6) is -2.89. The quantitative estimate of drug-likeness (QED) is 0.0291. The lowest BCUT2D eigenvalue weighted by molar-refractivity contribution is -0.141. The second-order valence-corrected chi connectivity index (χ2v) is 20.1. The molecule has 0 aliphatic rings. The van der Waals surface area contributed by atoms with Gasteiger partial charge in [0.25, 0.3) is 5.91 Å². The second kappa shape index (κ2) is 30.4. The number of carboxylic acids is 2. The van der Waals surface area contributed by atoms with Crippen LogP contribution in [0.5, 0.6) is 11.5 Å². The monoisotopic (exact) mass is 1200 g/mol. The number of carboxylic acid groups (broad SMARTS) is 2. The number of aromatic nitrogens is 3. The third-order valence-corrected chi connectivity index (χ3v) is 13.3. The third-order valence-electron chi connectivity index (χ3n) is 12.7. The van der Waals surface area contributed by atoms with E-state index in [0.717, 1.165) is 11.1 Å². The van der Waals surface area contributed by atoms with E-state index >= 15 is 0 Å². The maximum Gasteiger partial charge on any atom is 0.326 e. The van der Waals surface area contributed by atoms with Gasteiger partial charge in [0.2, 0.25) is 17.7 Å². The maximum atomic E-state index is 13.0. The summed E-state index contributed by atoms with van der Waals surface area (Å²) in [6.07, 6.45) is 2.75. The summed E-state index contributed by atoms with van der Waals surface area (Å²) >= 11 is 12.1. The number of aromatic amines is 1. The molecule has 0 fully saturated rings. The van der Waals surface area contributed by atoms with Crippen LogP contribution < -0.4 is 41.4 Å². The minimum absolute atomic E-state index is 0.0181. The number of methoxy groups -OCH3 is 2. The Hall–Kier alpha value is -9.94. The molecule has 0 bridgehead atoms. The van der Waals surface area contributed by atoms with Gasteiger partial charge in [0, 0.05) is 45.0 Å². The van der Waals surface area contributed by atoms with Crippen molar-refractivity contribution in [1.29, 1.82) is 0 Å². The Balaban J connectivity index is 0.000000276. The summed E-state index contributed by atoms with van der Waals surface area (Å²) < 4.78 is 16.3. The van der Waals surface area contributed by atoms with Crippen LogP contribution in [0.1, 0.15) is 62.6 Å². The van der Waals surface area contributed by atoms with Crippen LogP contribution in [-0.2, 0) is 62.7 Å². The predicted molar refractivity (Wildman–Crippen MR) is 317 cm³/mol. The Morgan fingerprint density at radius 1 is 0.612 bits per heavy atom. The van der Waals surface area contributed by atoms with E-state index in [1.807, 2.05) is 50.2 Å². The fourth-order valence-electron chi connectivity index (χ4n) is 8.22. The summed E-state index contributed by atoms with van der Waals surface area (Å²) in [6, 6.07) is 26.1. The molecule has 446 valence electrons. The molecule has 9 N–H and O–H groups in total. The van der Waals surface area contributed by atoms with Crippen molar-refractivity contribution in [1.82, 2.24) is 35.4 Å². The molecule has 2 aromatic heterocycles. The highest BCUT2D eigenvalue weighted by molar-refractivity contribution is 6.39. The van der Waals surface area contributed by atoms with Crippen molar-refractivity contribution in [2.45, 2.75) is 71.6 Å². The van der Waals surface area contributed by atoms with Crippen molar-refractivity contribution in [3.05, 3.63) is 177 Å². The molecule has 2 atom stereocenters. The average molecular weight is 1210 g/mol. The molecule has 0 radical (unpaired) electrons. The number of para-hydroxylation sites is 2. The number of urea groups is 2. The van der Waals surface area contributed by atoms with Crippen molar-refractivity contribution in [3.63, 3.8) is 0 Å². The number of aryl methyl sites for hydroxylation is 2. The van der Waals surface area contributed by atoms with Crippen molar-refractivity contribution in [3.8, 4) is 11.5 Å². The number of nitrogens with zero attached hydrogens (tertiary/aromatic N) is 4. The zero-order valence-corrected chi connectivity index (χ0v) is 48.8. The lowest BCUT2D eigenvalue weighted by atomic mass is 10.1. The smallest absolute Gasteiger partial charge is 0.326 e. The molecule has 0 saturated heterocycles. The van der Waals surface area contributed by atoms with Crippen molar-refractivity contribution < 1.29 is 62.5 Å². The SMILES string of the molecule is COc1cc(CC(=O)N(C)Cc2c[nH]c(CC(NC(C)=O)C(=O)O)n2)ccc1NC(=O)Nc1ccccc1C.COc1cc(CC(=O)N(C)Cc2coc(CC(NC(=O)c3c(Cl)cccc3Cl)C(=O)O)n2)ccc1NC(=O)Nc1ccccc1C. The highest BCUT2D eigenvalue weighted by atomic mass is 35.5. The van der Waals surface area contributed by atoms with Crippen molar-refractivity contribution in [2.75, 3.05) is 49.6 Å². The Kier molecular flexibility index (Phi) is 23.0. The maximum absolute atomic E-state index is 13.0. The fraction of sp³-hybridized carbons (Fsp3) is 0.254. The molecular weight excluding hydrogens is 1140 g/mol. The van der Waals surface area contributed by atoms with Gasteiger partial charge in [0.05, 0.1) is 84.9 Å². The molecule has 0 saturated carbocycles. The lowest BCUT2D eigenvalue weighted by Crippen LogP contribution is -2.42. The number of oxazole rings is 1. The number of likely N-dealkylation sites (N-methyl/N-ethyl adjacent to an activating group) is 2. The molecule has 7 aromatic rings. The first-order valence-electron chi connectivity index (χ1n) is 26.0. The lowest BCUT2D eigenvalue weighted by Gasteiger charge is -2.17. The van der Waals surface area contributed by atoms with Gasteiger partial charge in [-0.2, -0.15) is 0 Å². The number of hydrogen-bond donors (Lipinski definition) is 9. The zero-order chi connectivity index (χ0) is 61.9. The first-order chi connectivity index (χ1) is 40.5. The third kappa shape index (κ3) is 19.1. The largest absolute Gasteiger partial charge is 0.495 e.